The molecule has 0 aliphatic carbocycles. The maximum absolute atomic E-state index is 13.1. The van der Waals surface area contributed by atoms with Crippen molar-refractivity contribution in [3.63, 3.8) is 0 Å². The third-order valence-electron chi connectivity index (χ3n) is 6.13. The molecule has 11 nitrogen and oxygen atoms in total. The number of hydrazine groups is 1. The first-order chi connectivity index (χ1) is 17.9. The van der Waals surface area contributed by atoms with E-state index in [1.807, 2.05) is 13.8 Å². The molecule has 0 aromatic heterocycles. The van der Waals surface area contributed by atoms with Gasteiger partial charge in [-0.25, -0.2) is 19.6 Å². The summed E-state index contributed by atoms with van der Waals surface area (Å²) in [6.07, 6.45) is -6.32. The number of alkyl halides is 3. The predicted molar refractivity (Wildman–Crippen MR) is 128 cm³/mol. The summed E-state index contributed by atoms with van der Waals surface area (Å²) >= 11 is 0. The van der Waals surface area contributed by atoms with E-state index in [0.29, 0.717) is 17.9 Å². The molecule has 2 aromatic rings. The highest BCUT2D eigenvalue weighted by Gasteiger charge is 2.61. The van der Waals surface area contributed by atoms with Crippen LogP contribution in [0.5, 0.6) is 5.75 Å². The van der Waals surface area contributed by atoms with Crippen molar-refractivity contribution >= 4 is 29.1 Å². The van der Waals surface area contributed by atoms with Crippen molar-refractivity contribution in [2.45, 2.75) is 50.5 Å². The zero-order chi connectivity index (χ0) is 27.2. The number of amides is 4. The number of likely N-dealkylation sites (N-methyl/N-ethyl adjacent to an activating group) is 1. The van der Waals surface area contributed by atoms with Gasteiger partial charge < -0.3 is 34.9 Å². The topological polar surface area (TPSA) is 114 Å². The Kier molecular flexibility index (Phi) is 6.59. The number of carbonyl (C=O) groups excluding carboxylic acids is 2. The number of nitrogens with zero attached hydrogens (tertiary/aromatic N) is 2. The SMILES string of the molecule is CN1C[C@H]2O[C@H]([C@@H]3OC(C)(C)O[C@@H]32)N1C(=O)Nc1ccc(NC(=O)Nc2ccc(OC(F)(F)F)cc2)cc1. The first kappa shape index (κ1) is 26.0. The lowest BCUT2D eigenvalue weighted by Gasteiger charge is -2.42. The molecule has 4 atom stereocenters. The molecular formula is C24H26F3N5O6. The van der Waals surface area contributed by atoms with Crippen molar-refractivity contribution in [2.24, 2.45) is 0 Å². The second-order valence-electron chi connectivity index (χ2n) is 9.47. The number of ether oxygens (including phenoxy) is 4. The van der Waals surface area contributed by atoms with Gasteiger partial charge in [0.25, 0.3) is 0 Å². The molecule has 3 aliphatic heterocycles. The maximum atomic E-state index is 13.1. The van der Waals surface area contributed by atoms with Gasteiger partial charge in [-0.15, -0.1) is 13.2 Å². The van der Waals surface area contributed by atoms with Gasteiger partial charge in [0.15, 0.2) is 12.0 Å². The van der Waals surface area contributed by atoms with Crippen LogP contribution in [0.4, 0.5) is 39.8 Å². The second-order valence-corrected chi connectivity index (χ2v) is 9.47. The molecule has 0 spiro atoms. The molecule has 0 unspecified atom stereocenters. The lowest BCUT2D eigenvalue weighted by Crippen LogP contribution is -2.59. The Hall–Kier alpha value is -3.59. The molecule has 2 bridgehead atoms. The van der Waals surface area contributed by atoms with Crippen LogP contribution in [-0.2, 0) is 14.2 Å². The highest BCUT2D eigenvalue weighted by molar-refractivity contribution is 6.00. The molecule has 3 N–H and O–H groups in total. The van der Waals surface area contributed by atoms with E-state index >= 15 is 0 Å². The number of carbonyl (C=O) groups is 2. The summed E-state index contributed by atoms with van der Waals surface area (Å²) < 4.78 is 58.6. The van der Waals surface area contributed by atoms with Crippen molar-refractivity contribution in [2.75, 3.05) is 29.5 Å². The minimum absolute atomic E-state index is 0.205. The van der Waals surface area contributed by atoms with Gasteiger partial charge in [0.2, 0.25) is 0 Å². The van der Waals surface area contributed by atoms with Crippen molar-refractivity contribution < 1.29 is 41.7 Å². The van der Waals surface area contributed by atoms with Crippen LogP contribution in [0.2, 0.25) is 0 Å². The maximum Gasteiger partial charge on any atom is 0.573 e. The summed E-state index contributed by atoms with van der Waals surface area (Å²) in [7, 11) is 1.79. The average Bonchev–Trinajstić information content (AvgIpc) is 3.27. The number of fused-ring (bicyclic) bond motifs is 5. The van der Waals surface area contributed by atoms with Crippen LogP contribution < -0.4 is 20.7 Å². The number of halogens is 3. The molecular weight excluding hydrogens is 511 g/mol. The van der Waals surface area contributed by atoms with Gasteiger partial charge in [0.1, 0.15) is 24.1 Å². The van der Waals surface area contributed by atoms with Gasteiger partial charge >= 0.3 is 18.4 Å². The predicted octanol–water partition coefficient (Wildman–Crippen LogP) is 4.17. The number of anilines is 3. The van der Waals surface area contributed by atoms with Gasteiger partial charge in [0.05, 0.1) is 0 Å². The van der Waals surface area contributed by atoms with E-state index in [0.717, 1.165) is 12.1 Å². The Morgan fingerprint density at radius 3 is 2.03 bits per heavy atom. The monoisotopic (exact) mass is 537 g/mol. The largest absolute Gasteiger partial charge is 0.573 e. The summed E-state index contributed by atoms with van der Waals surface area (Å²) in [6, 6.07) is 10.1. The van der Waals surface area contributed by atoms with Crippen molar-refractivity contribution in [1.29, 1.82) is 0 Å². The Balaban J connectivity index is 1.15. The van der Waals surface area contributed by atoms with Crippen molar-refractivity contribution in [3.05, 3.63) is 48.5 Å². The summed E-state index contributed by atoms with van der Waals surface area (Å²) in [4.78, 5) is 25.4. The van der Waals surface area contributed by atoms with E-state index in [1.54, 1.807) is 36.3 Å². The summed E-state index contributed by atoms with van der Waals surface area (Å²) in [6.45, 7) is 4.11. The number of hydrogen-bond donors (Lipinski definition) is 3. The van der Waals surface area contributed by atoms with E-state index in [2.05, 4.69) is 20.7 Å². The quantitative estimate of drug-likeness (QED) is 0.537. The summed E-state index contributed by atoms with van der Waals surface area (Å²) in [5.41, 5.74) is 1.18. The molecule has 4 amide bonds. The minimum Gasteiger partial charge on any atom is -0.406 e. The lowest BCUT2D eigenvalue weighted by atomic mass is 10.1. The van der Waals surface area contributed by atoms with E-state index in [4.69, 9.17) is 14.2 Å². The van der Waals surface area contributed by atoms with Gasteiger partial charge in [0, 0.05) is 30.7 Å². The molecule has 14 heteroatoms. The molecule has 5 rings (SSSR count). The number of urea groups is 2. The fourth-order valence-electron chi connectivity index (χ4n) is 4.67. The second kappa shape index (κ2) is 9.62. The Morgan fingerprint density at radius 1 is 0.921 bits per heavy atom. The number of nitrogens with one attached hydrogen (secondary N) is 3. The third kappa shape index (κ3) is 5.62. The first-order valence-electron chi connectivity index (χ1n) is 11.7. The number of rotatable bonds is 4. The van der Waals surface area contributed by atoms with E-state index in [1.165, 1.54) is 17.1 Å². The molecule has 0 saturated carbocycles. The fourth-order valence-corrected chi connectivity index (χ4v) is 4.67. The first-order valence-corrected chi connectivity index (χ1v) is 11.7. The Bertz CT molecular complexity index is 1190. The smallest absolute Gasteiger partial charge is 0.406 e. The van der Waals surface area contributed by atoms with Gasteiger partial charge in [-0.05, 0) is 62.4 Å². The molecule has 0 radical (unpaired) electrons. The highest BCUT2D eigenvalue weighted by Crippen LogP contribution is 2.42. The zero-order valence-corrected chi connectivity index (χ0v) is 20.6. The molecule has 3 heterocycles. The highest BCUT2D eigenvalue weighted by atomic mass is 19.4. The average molecular weight is 537 g/mol. The number of benzene rings is 2. The van der Waals surface area contributed by atoms with Crippen LogP contribution in [0.25, 0.3) is 0 Å². The van der Waals surface area contributed by atoms with Crippen LogP contribution >= 0.6 is 0 Å². The van der Waals surface area contributed by atoms with Crippen LogP contribution in [0.1, 0.15) is 13.8 Å². The normalized spacial score (nSPS) is 26.0. The van der Waals surface area contributed by atoms with Gasteiger partial charge in [-0.2, -0.15) is 0 Å². The Morgan fingerprint density at radius 2 is 1.45 bits per heavy atom. The molecule has 204 valence electrons. The lowest BCUT2D eigenvalue weighted by molar-refractivity contribution is -0.274. The Labute approximate surface area is 215 Å². The van der Waals surface area contributed by atoms with Crippen LogP contribution in [0.3, 0.4) is 0 Å². The van der Waals surface area contributed by atoms with Gasteiger partial charge in [-0.3, -0.25) is 0 Å². The van der Waals surface area contributed by atoms with E-state index in [-0.39, 0.29) is 17.9 Å². The molecule has 2 aromatic carbocycles. The number of hydrogen-bond acceptors (Lipinski definition) is 7. The molecule has 38 heavy (non-hydrogen) atoms. The molecule has 3 aliphatic rings. The fraction of sp³-hybridized carbons (Fsp3) is 0.417. The standard InChI is InChI=1S/C24H26F3N5O6/c1-23(2)37-18-17-12-31(3)32(20(35-17)19(18)38-23)22(34)30-15-6-4-13(5-7-15)28-21(33)29-14-8-10-16(11-9-14)36-24(25,26)27/h4-11,17-20H,12H2,1-3H3,(H,30,34)(H2,28,29,33)/t17-,18-,19-,20-/m1/s1. The van der Waals surface area contributed by atoms with Crippen molar-refractivity contribution in [3.8, 4) is 5.75 Å². The molecule has 3 fully saturated rings. The van der Waals surface area contributed by atoms with Crippen LogP contribution in [0.15, 0.2) is 48.5 Å². The van der Waals surface area contributed by atoms with E-state index in [9.17, 15) is 22.8 Å². The molecule has 3 saturated heterocycles. The van der Waals surface area contributed by atoms with Crippen LogP contribution in [0, 0.1) is 0 Å². The summed E-state index contributed by atoms with van der Waals surface area (Å²) in [5, 5.41) is 11.2. The van der Waals surface area contributed by atoms with Crippen LogP contribution in [-0.4, -0.2) is 72.4 Å². The summed E-state index contributed by atoms with van der Waals surface area (Å²) in [5.74, 6) is -1.16. The third-order valence-corrected chi connectivity index (χ3v) is 6.13. The van der Waals surface area contributed by atoms with Crippen molar-refractivity contribution in [1.82, 2.24) is 10.0 Å². The van der Waals surface area contributed by atoms with Gasteiger partial charge in [-0.1, -0.05) is 0 Å². The van der Waals surface area contributed by atoms with E-state index < -0.39 is 42.3 Å². The minimum atomic E-state index is -4.80. The zero-order valence-electron chi connectivity index (χ0n) is 20.6.